The number of nitrogens with zero attached hydrogens (tertiary/aromatic N) is 1. The minimum atomic E-state index is -0.207. The number of nitrogens with one attached hydrogen (secondary N) is 1. The lowest BCUT2D eigenvalue weighted by atomic mass is 10.1. The molecule has 1 fully saturated rings. The highest BCUT2D eigenvalue weighted by atomic mass is 32.1. The van der Waals surface area contributed by atoms with E-state index in [-0.39, 0.29) is 11.9 Å². The summed E-state index contributed by atoms with van der Waals surface area (Å²) in [6.07, 6.45) is 1.91. The Balaban J connectivity index is 1.69. The predicted molar refractivity (Wildman–Crippen MR) is 90.7 cm³/mol. The van der Waals surface area contributed by atoms with E-state index in [0.29, 0.717) is 0 Å². The Hall–Kier alpha value is -1.85. The first-order chi connectivity index (χ1) is 10.7. The van der Waals surface area contributed by atoms with E-state index >= 15 is 0 Å². The summed E-state index contributed by atoms with van der Waals surface area (Å²) in [6.45, 7) is 2.52. The molecule has 0 spiro atoms. The second-order valence-electron chi connectivity index (χ2n) is 5.67. The van der Waals surface area contributed by atoms with Crippen LogP contribution in [-0.4, -0.2) is 23.4 Å². The van der Waals surface area contributed by atoms with Crippen LogP contribution in [0.1, 0.15) is 24.0 Å². The van der Waals surface area contributed by atoms with Crippen LogP contribution in [0.4, 0.5) is 5.69 Å². The number of hydrogen-bond donors (Lipinski definition) is 2. The lowest BCUT2D eigenvalue weighted by Gasteiger charge is -2.23. The summed E-state index contributed by atoms with van der Waals surface area (Å²) >= 11 is 1.71. The van der Waals surface area contributed by atoms with Crippen molar-refractivity contribution in [3.8, 4) is 0 Å². The molecule has 1 aliphatic heterocycles. The maximum absolute atomic E-state index is 11.5. The molecule has 22 heavy (non-hydrogen) atoms. The molecule has 1 aromatic carbocycles. The lowest BCUT2D eigenvalue weighted by molar-refractivity contribution is -0.122. The Bertz CT molecular complexity index is 627. The Morgan fingerprint density at radius 2 is 2.23 bits per heavy atom. The van der Waals surface area contributed by atoms with E-state index < -0.39 is 0 Å². The van der Waals surface area contributed by atoms with Crippen molar-refractivity contribution in [2.75, 3.05) is 11.9 Å². The van der Waals surface area contributed by atoms with Gasteiger partial charge >= 0.3 is 0 Å². The molecule has 1 saturated heterocycles. The number of likely N-dealkylation sites (tertiary alicyclic amines) is 1. The zero-order valence-corrected chi connectivity index (χ0v) is 13.3. The SMILES string of the molecule is NC(=O)[C@H]1CCCN1Cc1ccccc1NCc1ccsc1. The molecule has 0 bridgehead atoms. The third-order valence-corrected chi connectivity index (χ3v) is 4.88. The number of thiophene rings is 1. The highest BCUT2D eigenvalue weighted by molar-refractivity contribution is 7.07. The summed E-state index contributed by atoms with van der Waals surface area (Å²) in [5.41, 5.74) is 9.14. The molecule has 1 atom stereocenters. The van der Waals surface area contributed by atoms with Crippen LogP contribution < -0.4 is 11.1 Å². The van der Waals surface area contributed by atoms with Crippen molar-refractivity contribution >= 4 is 22.9 Å². The van der Waals surface area contributed by atoms with E-state index in [1.54, 1.807) is 11.3 Å². The standard InChI is InChI=1S/C17H21N3OS/c18-17(21)16-6-3-8-20(16)11-14-4-1-2-5-15(14)19-10-13-7-9-22-12-13/h1-2,4-5,7,9,12,16,19H,3,6,8,10-11H2,(H2,18,21)/t16-/m1/s1. The first-order valence-electron chi connectivity index (χ1n) is 7.60. The third-order valence-electron chi connectivity index (χ3n) is 4.15. The van der Waals surface area contributed by atoms with Crippen molar-refractivity contribution in [3.63, 3.8) is 0 Å². The molecule has 1 aromatic heterocycles. The lowest BCUT2D eigenvalue weighted by Crippen LogP contribution is -2.39. The Morgan fingerprint density at radius 1 is 1.36 bits per heavy atom. The second kappa shape index (κ2) is 6.94. The Kier molecular flexibility index (Phi) is 4.75. The molecule has 1 aliphatic rings. The van der Waals surface area contributed by atoms with Crippen LogP contribution >= 0.6 is 11.3 Å². The molecule has 3 N–H and O–H groups in total. The molecule has 0 aliphatic carbocycles. The highest BCUT2D eigenvalue weighted by Crippen LogP contribution is 2.24. The fraction of sp³-hybridized carbons (Fsp3) is 0.353. The number of nitrogens with two attached hydrogens (primary N) is 1. The molecule has 116 valence electrons. The largest absolute Gasteiger partial charge is 0.381 e. The smallest absolute Gasteiger partial charge is 0.234 e. The van der Waals surface area contributed by atoms with Gasteiger partial charge in [0, 0.05) is 18.8 Å². The van der Waals surface area contributed by atoms with Gasteiger partial charge in [0.1, 0.15) is 0 Å². The van der Waals surface area contributed by atoms with E-state index in [9.17, 15) is 4.79 Å². The molecule has 0 unspecified atom stereocenters. The van der Waals surface area contributed by atoms with E-state index in [0.717, 1.165) is 38.2 Å². The predicted octanol–water partition coefficient (Wildman–Crippen LogP) is 2.81. The summed E-state index contributed by atoms with van der Waals surface area (Å²) in [5, 5.41) is 7.74. The number of para-hydroxylation sites is 1. The summed E-state index contributed by atoms with van der Waals surface area (Å²) in [6, 6.07) is 10.3. The average molecular weight is 315 g/mol. The van der Waals surface area contributed by atoms with Crippen LogP contribution in [0.25, 0.3) is 0 Å². The monoisotopic (exact) mass is 315 g/mol. The number of hydrogen-bond acceptors (Lipinski definition) is 4. The van der Waals surface area contributed by atoms with Gasteiger partial charge in [0.2, 0.25) is 5.91 Å². The fourth-order valence-corrected chi connectivity index (χ4v) is 3.65. The van der Waals surface area contributed by atoms with Gasteiger partial charge in [0.05, 0.1) is 6.04 Å². The maximum Gasteiger partial charge on any atom is 0.234 e. The first-order valence-corrected chi connectivity index (χ1v) is 8.54. The number of amides is 1. The molecule has 0 radical (unpaired) electrons. The normalized spacial score (nSPS) is 18.5. The van der Waals surface area contributed by atoms with Crippen molar-refractivity contribution in [1.29, 1.82) is 0 Å². The second-order valence-corrected chi connectivity index (χ2v) is 6.45. The highest BCUT2D eigenvalue weighted by Gasteiger charge is 2.29. The number of anilines is 1. The zero-order valence-electron chi connectivity index (χ0n) is 12.5. The summed E-state index contributed by atoms with van der Waals surface area (Å²) in [7, 11) is 0. The van der Waals surface area contributed by atoms with Gasteiger partial charge in [-0.3, -0.25) is 9.69 Å². The van der Waals surface area contributed by atoms with Gasteiger partial charge in [-0.25, -0.2) is 0 Å². The molecule has 0 saturated carbocycles. The van der Waals surface area contributed by atoms with Crippen LogP contribution in [0.5, 0.6) is 0 Å². The van der Waals surface area contributed by atoms with Gasteiger partial charge < -0.3 is 11.1 Å². The number of carbonyl (C=O) groups is 1. The fourth-order valence-electron chi connectivity index (χ4n) is 2.98. The van der Waals surface area contributed by atoms with Crippen molar-refractivity contribution in [1.82, 2.24) is 4.90 Å². The molecule has 4 nitrogen and oxygen atoms in total. The van der Waals surface area contributed by atoms with Crippen LogP contribution in [0.3, 0.4) is 0 Å². The zero-order chi connectivity index (χ0) is 15.4. The Morgan fingerprint density at radius 3 is 3.00 bits per heavy atom. The molecule has 5 heteroatoms. The van der Waals surface area contributed by atoms with E-state index in [1.165, 1.54) is 11.1 Å². The van der Waals surface area contributed by atoms with E-state index in [2.05, 4.69) is 39.2 Å². The van der Waals surface area contributed by atoms with Gasteiger partial charge in [-0.15, -0.1) is 0 Å². The minimum Gasteiger partial charge on any atom is -0.381 e. The van der Waals surface area contributed by atoms with Crippen LogP contribution in [0, 0.1) is 0 Å². The van der Waals surface area contributed by atoms with Gasteiger partial charge in [-0.05, 0) is 53.4 Å². The van der Waals surface area contributed by atoms with E-state index in [1.807, 2.05) is 12.1 Å². The topological polar surface area (TPSA) is 58.4 Å². The number of rotatable bonds is 6. The molecule has 2 heterocycles. The van der Waals surface area contributed by atoms with Gasteiger partial charge in [-0.1, -0.05) is 18.2 Å². The van der Waals surface area contributed by atoms with Crippen molar-refractivity contribution < 1.29 is 4.79 Å². The van der Waals surface area contributed by atoms with Crippen molar-refractivity contribution in [3.05, 3.63) is 52.2 Å². The molecular formula is C17H21N3OS. The quantitative estimate of drug-likeness (QED) is 0.862. The third kappa shape index (κ3) is 3.48. The van der Waals surface area contributed by atoms with Gasteiger partial charge in [0.15, 0.2) is 0 Å². The Labute approximate surface area is 134 Å². The summed E-state index contributed by atoms with van der Waals surface area (Å²) in [5.74, 6) is -0.207. The molecule has 3 rings (SSSR count). The maximum atomic E-state index is 11.5. The average Bonchev–Trinajstić information content (AvgIpc) is 3.17. The van der Waals surface area contributed by atoms with Crippen molar-refractivity contribution in [2.45, 2.75) is 32.0 Å². The number of benzene rings is 1. The number of primary amides is 1. The van der Waals surface area contributed by atoms with Crippen LogP contribution in [-0.2, 0) is 17.9 Å². The van der Waals surface area contributed by atoms with Crippen molar-refractivity contribution in [2.24, 2.45) is 5.73 Å². The van der Waals surface area contributed by atoms with Crippen LogP contribution in [0.2, 0.25) is 0 Å². The van der Waals surface area contributed by atoms with Crippen LogP contribution in [0.15, 0.2) is 41.1 Å². The van der Waals surface area contributed by atoms with Gasteiger partial charge in [0.25, 0.3) is 0 Å². The minimum absolute atomic E-state index is 0.120. The summed E-state index contributed by atoms with van der Waals surface area (Å²) in [4.78, 5) is 13.7. The van der Waals surface area contributed by atoms with E-state index in [4.69, 9.17) is 5.73 Å². The molecule has 2 aromatic rings. The first kappa shape index (κ1) is 15.1. The number of carbonyl (C=O) groups excluding carboxylic acids is 1. The van der Waals surface area contributed by atoms with Gasteiger partial charge in [-0.2, -0.15) is 11.3 Å². The molecular weight excluding hydrogens is 294 g/mol. The molecule has 1 amide bonds. The summed E-state index contributed by atoms with van der Waals surface area (Å²) < 4.78 is 0.